The van der Waals surface area contributed by atoms with Gasteiger partial charge in [0.1, 0.15) is 12.2 Å². The third-order valence-corrected chi connectivity index (χ3v) is 7.57. The van der Waals surface area contributed by atoms with Gasteiger partial charge in [-0.1, -0.05) is 0 Å². The average molecular weight is 351 g/mol. The molecule has 2 rings (SSSR count). The predicted molar refractivity (Wildman–Crippen MR) is 93.6 cm³/mol. The summed E-state index contributed by atoms with van der Waals surface area (Å²) in [5.74, 6) is 2.48. The van der Waals surface area contributed by atoms with Crippen LogP contribution in [-0.2, 0) is 18.9 Å². The molecular formula is C16H30O4S2. The molecule has 4 nitrogen and oxygen atoms in total. The van der Waals surface area contributed by atoms with Crippen molar-refractivity contribution in [1.82, 2.24) is 0 Å². The average Bonchev–Trinajstić information content (AvgIpc) is 2.94. The minimum Gasteiger partial charge on any atom is -0.376 e. The van der Waals surface area contributed by atoms with Gasteiger partial charge in [-0.3, -0.25) is 0 Å². The molecule has 0 saturated carbocycles. The molecule has 2 fully saturated rings. The third kappa shape index (κ3) is 4.33. The second kappa shape index (κ2) is 7.62. The Morgan fingerprint density at radius 2 is 1.36 bits per heavy atom. The van der Waals surface area contributed by atoms with Crippen LogP contribution in [0.3, 0.4) is 0 Å². The van der Waals surface area contributed by atoms with Crippen molar-refractivity contribution in [3.05, 3.63) is 0 Å². The summed E-state index contributed by atoms with van der Waals surface area (Å²) in [6.07, 6.45) is 1.76. The van der Waals surface area contributed by atoms with Gasteiger partial charge >= 0.3 is 0 Å². The van der Waals surface area contributed by atoms with Crippen molar-refractivity contribution in [3.8, 4) is 0 Å². The maximum atomic E-state index is 6.27. The summed E-state index contributed by atoms with van der Waals surface area (Å²) in [5.41, 5.74) is -0.829. The highest BCUT2D eigenvalue weighted by molar-refractivity contribution is 8.17. The zero-order valence-corrected chi connectivity index (χ0v) is 16.2. The van der Waals surface area contributed by atoms with Crippen LogP contribution in [0.2, 0.25) is 0 Å². The van der Waals surface area contributed by atoms with E-state index in [2.05, 4.69) is 0 Å². The summed E-state index contributed by atoms with van der Waals surface area (Å²) in [7, 11) is 3.45. The Morgan fingerprint density at radius 3 is 1.77 bits per heavy atom. The second-order valence-corrected chi connectivity index (χ2v) is 9.84. The van der Waals surface area contributed by atoms with Gasteiger partial charge in [0.25, 0.3) is 0 Å². The summed E-state index contributed by atoms with van der Waals surface area (Å²) >= 11 is 4.04. The molecule has 0 amide bonds. The van der Waals surface area contributed by atoms with Crippen LogP contribution < -0.4 is 0 Å². The van der Waals surface area contributed by atoms with Gasteiger partial charge in [-0.15, -0.1) is 23.5 Å². The van der Waals surface area contributed by atoms with E-state index in [0.717, 1.165) is 6.42 Å². The molecule has 130 valence electrons. The Kier molecular flexibility index (Phi) is 6.53. The van der Waals surface area contributed by atoms with E-state index in [-0.39, 0.29) is 18.5 Å². The van der Waals surface area contributed by atoms with Crippen molar-refractivity contribution in [2.75, 3.05) is 25.7 Å². The zero-order valence-electron chi connectivity index (χ0n) is 14.6. The summed E-state index contributed by atoms with van der Waals surface area (Å²) in [6, 6.07) is 0. The van der Waals surface area contributed by atoms with Gasteiger partial charge in [0.05, 0.1) is 15.8 Å². The first-order chi connectivity index (χ1) is 10.3. The highest BCUT2D eigenvalue weighted by Gasteiger charge is 2.52. The number of hydrogen-bond acceptors (Lipinski definition) is 6. The number of hydrogen-bond donors (Lipinski definition) is 0. The van der Waals surface area contributed by atoms with Gasteiger partial charge < -0.3 is 18.9 Å². The van der Waals surface area contributed by atoms with Crippen LogP contribution in [0.25, 0.3) is 0 Å². The molecule has 0 aliphatic carbocycles. The highest BCUT2D eigenvalue weighted by atomic mass is 32.2. The van der Waals surface area contributed by atoms with E-state index >= 15 is 0 Å². The fraction of sp³-hybridized carbons (Fsp3) is 1.00. The summed E-state index contributed by atoms with van der Waals surface area (Å²) in [4.78, 5) is 0. The molecule has 22 heavy (non-hydrogen) atoms. The van der Waals surface area contributed by atoms with Gasteiger partial charge in [-0.05, 0) is 45.6 Å². The van der Waals surface area contributed by atoms with Crippen molar-refractivity contribution in [3.63, 3.8) is 0 Å². The molecule has 2 saturated heterocycles. The molecule has 2 heterocycles. The van der Waals surface area contributed by atoms with Gasteiger partial charge in [0.15, 0.2) is 6.29 Å². The van der Waals surface area contributed by atoms with Crippen molar-refractivity contribution in [2.24, 2.45) is 0 Å². The predicted octanol–water partition coefficient (Wildman–Crippen LogP) is 3.53. The van der Waals surface area contributed by atoms with E-state index in [1.807, 2.05) is 51.2 Å². The molecule has 0 N–H and O–H groups in total. The molecule has 2 atom stereocenters. The van der Waals surface area contributed by atoms with Crippen LogP contribution in [0.4, 0.5) is 0 Å². The molecule has 0 aromatic rings. The normalized spacial score (nSPS) is 29.2. The van der Waals surface area contributed by atoms with Crippen molar-refractivity contribution in [2.45, 2.75) is 74.8 Å². The fourth-order valence-electron chi connectivity index (χ4n) is 2.73. The molecule has 0 spiro atoms. The van der Waals surface area contributed by atoms with Gasteiger partial charge in [-0.25, -0.2) is 0 Å². The number of methoxy groups -OCH3 is 2. The molecule has 2 aliphatic heterocycles. The van der Waals surface area contributed by atoms with Gasteiger partial charge in [-0.2, -0.15) is 0 Å². The minimum atomic E-state index is -0.415. The lowest BCUT2D eigenvalue weighted by atomic mass is 9.87. The molecule has 0 aromatic heterocycles. The van der Waals surface area contributed by atoms with E-state index < -0.39 is 11.2 Å². The van der Waals surface area contributed by atoms with Gasteiger partial charge in [0, 0.05) is 20.6 Å². The van der Waals surface area contributed by atoms with E-state index in [1.165, 1.54) is 17.9 Å². The van der Waals surface area contributed by atoms with Crippen LogP contribution in [0, 0.1) is 0 Å². The maximum absolute atomic E-state index is 6.27. The summed E-state index contributed by atoms with van der Waals surface area (Å²) in [5, 5.41) is 0. The monoisotopic (exact) mass is 350 g/mol. The quantitative estimate of drug-likeness (QED) is 0.729. The molecule has 6 heteroatoms. The molecule has 2 aliphatic rings. The van der Waals surface area contributed by atoms with Crippen LogP contribution in [0.1, 0.15) is 40.5 Å². The van der Waals surface area contributed by atoms with Crippen LogP contribution in [0.15, 0.2) is 0 Å². The van der Waals surface area contributed by atoms with Gasteiger partial charge in [0.2, 0.25) is 0 Å². The maximum Gasteiger partial charge on any atom is 0.160 e. The number of rotatable bonds is 6. The standard InChI is InChI=1S/C16H30O4S2/c1-15(2,17-5)13-14(16(3,4)18-6)20-11(19-13)10-12-21-8-7-9-22-12/h11-14H,7-10H2,1-6H3/t13-,14-/m1/s1. The fourth-order valence-corrected chi connectivity index (χ4v) is 5.61. The summed E-state index contributed by atoms with van der Waals surface area (Å²) in [6.45, 7) is 8.19. The van der Waals surface area contributed by atoms with Crippen LogP contribution in [0.5, 0.6) is 0 Å². The zero-order chi connectivity index (χ0) is 16.4. The Balaban J connectivity index is 2.06. The van der Waals surface area contributed by atoms with Crippen molar-refractivity contribution >= 4 is 23.5 Å². The van der Waals surface area contributed by atoms with Crippen molar-refractivity contribution in [1.29, 1.82) is 0 Å². The Hall–Kier alpha value is 0.540. The minimum absolute atomic E-state index is 0.143. The first-order valence-electron chi connectivity index (χ1n) is 7.94. The molecular weight excluding hydrogens is 320 g/mol. The Labute approximate surface area is 143 Å². The lowest BCUT2D eigenvalue weighted by molar-refractivity contribution is -0.132. The van der Waals surface area contributed by atoms with E-state index in [1.54, 1.807) is 14.2 Å². The van der Waals surface area contributed by atoms with Crippen molar-refractivity contribution < 1.29 is 18.9 Å². The first-order valence-corrected chi connectivity index (χ1v) is 10.0. The molecule has 0 radical (unpaired) electrons. The van der Waals surface area contributed by atoms with E-state index in [0.29, 0.717) is 4.58 Å². The van der Waals surface area contributed by atoms with E-state index in [4.69, 9.17) is 18.9 Å². The SMILES string of the molecule is COC(C)(C)[C@@H]1OC(CC2SCCCS2)O[C@H]1C(C)(C)OC. The topological polar surface area (TPSA) is 36.9 Å². The lowest BCUT2D eigenvalue weighted by Crippen LogP contribution is -2.53. The smallest absolute Gasteiger partial charge is 0.160 e. The Bertz CT molecular complexity index is 332. The molecule has 0 aromatic carbocycles. The van der Waals surface area contributed by atoms with E-state index in [9.17, 15) is 0 Å². The number of thioether (sulfide) groups is 2. The first kappa shape index (κ1) is 18.9. The van der Waals surface area contributed by atoms with Crippen LogP contribution in [-0.4, -0.2) is 60.0 Å². The number of ether oxygens (including phenoxy) is 4. The molecule has 0 bridgehead atoms. The molecule has 0 unspecified atom stereocenters. The highest BCUT2D eigenvalue weighted by Crippen LogP contribution is 2.41. The lowest BCUT2D eigenvalue weighted by Gasteiger charge is -2.38. The second-order valence-electron chi connectivity index (χ2n) is 6.92. The largest absolute Gasteiger partial charge is 0.376 e. The summed E-state index contributed by atoms with van der Waals surface area (Å²) < 4.78 is 24.4. The van der Waals surface area contributed by atoms with Crippen LogP contribution >= 0.6 is 23.5 Å². The Morgan fingerprint density at radius 1 is 0.909 bits per heavy atom. The third-order valence-electron chi connectivity index (χ3n) is 4.58.